The van der Waals surface area contributed by atoms with E-state index in [9.17, 15) is 4.39 Å². The van der Waals surface area contributed by atoms with Crippen molar-refractivity contribution in [1.82, 2.24) is 9.88 Å². The number of aromatic nitrogens is 1. The second-order valence-electron chi connectivity index (χ2n) is 4.84. The molecule has 2 rings (SSSR count). The van der Waals surface area contributed by atoms with Crippen LogP contribution < -0.4 is 5.73 Å². The summed E-state index contributed by atoms with van der Waals surface area (Å²) in [6.45, 7) is 1.56. The van der Waals surface area contributed by atoms with Gasteiger partial charge in [0.05, 0.1) is 6.54 Å². The van der Waals surface area contributed by atoms with Gasteiger partial charge >= 0.3 is 0 Å². The predicted molar refractivity (Wildman–Crippen MR) is 81.7 cm³/mol. The Morgan fingerprint density at radius 2 is 1.95 bits per heavy atom. The molecule has 0 amide bonds. The summed E-state index contributed by atoms with van der Waals surface area (Å²) < 4.78 is 14.0. The molecule has 0 spiro atoms. The van der Waals surface area contributed by atoms with Gasteiger partial charge in [-0.05, 0) is 36.9 Å². The van der Waals surface area contributed by atoms with Gasteiger partial charge in [0.15, 0.2) is 0 Å². The zero-order valence-electron chi connectivity index (χ0n) is 12.0. The topological polar surface area (TPSA) is 42.2 Å². The van der Waals surface area contributed by atoms with Crippen molar-refractivity contribution >= 4 is 0 Å². The van der Waals surface area contributed by atoms with Gasteiger partial charge in [-0.25, -0.2) is 4.39 Å². The van der Waals surface area contributed by atoms with Gasteiger partial charge in [0.25, 0.3) is 0 Å². The first-order valence-electron chi connectivity index (χ1n) is 6.74. The number of halogens is 1. The largest absolute Gasteiger partial charge is 0.320 e. The van der Waals surface area contributed by atoms with E-state index in [1.165, 1.54) is 6.07 Å². The molecule has 4 heteroatoms. The van der Waals surface area contributed by atoms with Gasteiger partial charge in [0, 0.05) is 36.6 Å². The Morgan fingerprint density at radius 1 is 1.19 bits per heavy atom. The van der Waals surface area contributed by atoms with Crippen LogP contribution in [0.3, 0.4) is 0 Å². The molecule has 3 nitrogen and oxygen atoms in total. The molecule has 0 bridgehead atoms. The average Bonchev–Trinajstić information content (AvgIpc) is 2.48. The van der Waals surface area contributed by atoms with Crippen molar-refractivity contribution in [2.45, 2.75) is 13.1 Å². The lowest BCUT2D eigenvalue weighted by Crippen LogP contribution is -2.18. The maximum atomic E-state index is 14.0. The zero-order chi connectivity index (χ0) is 15.1. The molecule has 1 aromatic heterocycles. The van der Waals surface area contributed by atoms with Crippen LogP contribution in [0.4, 0.5) is 4.39 Å². The number of rotatable bonds is 4. The maximum absolute atomic E-state index is 14.0. The summed E-state index contributed by atoms with van der Waals surface area (Å²) >= 11 is 0. The van der Waals surface area contributed by atoms with Crippen LogP contribution in [-0.4, -0.2) is 23.5 Å². The summed E-state index contributed by atoms with van der Waals surface area (Å²) in [5, 5.41) is 0. The fourth-order valence-corrected chi connectivity index (χ4v) is 2.05. The van der Waals surface area contributed by atoms with Gasteiger partial charge in [0.1, 0.15) is 5.82 Å². The lowest BCUT2D eigenvalue weighted by molar-refractivity contribution is 0.313. The van der Waals surface area contributed by atoms with Crippen LogP contribution in [0.15, 0.2) is 42.7 Å². The van der Waals surface area contributed by atoms with Gasteiger partial charge in [-0.3, -0.25) is 9.88 Å². The molecule has 0 aliphatic heterocycles. The molecule has 1 heterocycles. The molecule has 0 aliphatic carbocycles. The summed E-state index contributed by atoms with van der Waals surface area (Å²) in [4.78, 5) is 6.04. The highest BCUT2D eigenvalue weighted by atomic mass is 19.1. The molecule has 0 saturated carbocycles. The van der Waals surface area contributed by atoms with E-state index in [0.717, 1.165) is 12.1 Å². The molecule has 2 N–H and O–H groups in total. The van der Waals surface area contributed by atoms with Crippen LogP contribution in [-0.2, 0) is 13.1 Å². The van der Waals surface area contributed by atoms with Crippen LogP contribution in [0.25, 0.3) is 0 Å². The van der Waals surface area contributed by atoms with E-state index in [1.54, 1.807) is 18.5 Å². The number of pyridine rings is 1. The average molecular weight is 283 g/mol. The Labute approximate surface area is 124 Å². The minimum absolute atomic E-state index is 0.236. The molecule has 0 unspecified atom stereocenters. The minimum atomic E-state index is -0.236. The van der Waals surface area contributed by atoms with Gasteiger partial charge in [0.2, 0.25) is 0 Å². The number of benzene rings is 1. The van der Waals surface area contributed by atoms with Crippen molar-refractivity contribution in [3.63, 3.8) is 0 Å². The molecule has 0 fully saturated rings. The van der Waals surface area contributed by atoms with Crippen LogP contribution in [0.5, 0.6) is 0 Å². The highest BCUT2D eigenvalue weighted by Crippen LogP contribution is 2.13. The number of nitrogens with two attached hydrogens (primary N) is 1. The molecule has 0 radical (unpaired) electrons. The first kappa shape index (κ1) is 15.2. The third kappa shape index (κ3) is 4.67. The molecular formula is C17H18FN3. The van der Waals surface area contributed by atoms with E-state index in [-0.39, 0.29) is 12.4 Å². The second kappa shape index (κ2) is 7.53. The van der Waals surface area contributed by atoms with Gasteiger partial charge in [-0.15, -0.1) is 0 Å². The standard InChI is InChI=1S/C17H18FN3/c1-21(12-15-6-9-20-10-7-15)13-16-5-4-14(3-2-8-19)11-17(16)18/h4-7,9-11H,8,12-13,19H2,1H3. The van der Waals surface area contributed by atoms with Crippen molar-refractivity contribution in [3.8, 4) is 11.8 Å². The maximum Gasteiger partial charge on any atom is 0.128 e. The molecule has 0 atom stereocenters. The third-order valence-electron chi connectivity index (χ3n) is 3.03. The van der Waals surface area contributed by atoms with Crippen LogP contribution in [0, 0.1) is 17.7 Å². The highest BCUT2D eigenvalue weighted by Gasteiger charge is 2.07. The summed E-state index contributed by atoms with van der Waals surface area (Å²) in [5.41, 5.74) is 7.76. The summed E-state index contributed by atoms with van der Waals surface area (Å²) in [6.07, 6.45) is 3.52. The van der Waals surface area contributed by atoms with Crippen LogP contribution in [0.1, 0.15) is 16.7 Å². The summed E-state index contributed by atoms with van der Waals surface area (Å²) in [7, 11) is 1.96. The second-order valence-corrected chi connectivity index (χ2v) is 4.84. The quantitative estimate of drug-likeness (QED) is 0.874. The van der Waals surface area contributed by atoms with Crippen molar-refractivity contribution in [2.75, 3.05) is 13.6 Å². The molecule has 1 aromatic carbocycles. The normalized spacial score (nSPS) is 10.3. The van der Waals surface area contributed by atoms with E-state index < -0.39 is 0 Å². The van der Waals surface area contributed by atoms with E-state index in [1.807, 2.05) is 25.2 Å². The highest BCUT2D eigenvalue weighted by molar-refractivity contribution is 5.37. The molecule has 2 aromatic rings. The Kier molecular flexibility index (Phi) is 5.44. The molecule has 108 valence electrons. The Balaban J connectivity index is 2.02. The zero-order valence-corrected chi connectivity index (χ0v) is 12.0. The van der Waals surface area contributed by atoms with Gasteiger partial charge in [-0.1, -0.05) is 17.9 Å². The monoisotopic (exact) mass is 283 g/mol. The van der Waals surface area contributed by atoms with Crippen molar-refractivity contribution < 1.29 is 4.39 Å². The fourth-order valence-electron chi connectivity index (χ4n) is 2.05. The third-order valence-corrected chi connectivity index (χ3v) is 3.03. The fraction of sp³-hybridized carbons (Fsp3) is 0.235. The van der Waals surface area contributed by atoms with Crippen LogP contribution in [0.2, 0.25) is 0 Å². The summed E-state index contributed by atoms with van der Waals surface area (Å²) in [6, 6.07) is 8.97. The van der Waals surface area contributed by atoms with Crippen molar-refractivity contribution in [2.24, 2.45) is 5.73 Å². The van der Waals surface area contributed by atoms with E-state index in [2.05, 4.69) is 21.7 Å². The first-order chi connectivity index (χ1) is 10.2. The first-order valence-corrected chi connectivity index (χ1v) is 6.74. The minimum Gasteiger partial charge on any atom is -0.320 e. The van der Waals surface area contributed by atoms with Crippen LogP contribution >= 0.6 is 0 Å². The lowest BCUT2D eigenvalue weighted by Gasteiger charge is -2.17. The van der Waals surface area contributed by atoms with E-state index >= 15 is 0 Å². The Hall–Kier alpha value is -2.22. The number of nitrogens with zero attached hydrogens (tertiary/aromatic N) is 2. The van der Waals surface area contributed by atoms with E-state index in [0.29, 0.717) is 17.7 Å². The van der Waals surface area contributed by atoms with Crippen molar-refractivity contribution in [1.29, 1.82) is 0 Å². The Morgan fingerprint density at radius 3 is 2.62 bits per heavy atom. The molecule has 0 aliphatic rings. The van der Waals surface area contributed by atoms with E-state index in [4.69, 9.17) is 5.73 Å². The lowest BCUT2D eigenvalue weighted by atomic mass is 10.1. The Bertz CT molecular complexity index is 644. The SMILES string of the molecule is CN(Cc1ccncc1)Cc1ccc(C#CCN)cc1F. The summed E-state index contributed by atoms with van der Waals surface area (Å²) in [5.74, 6) is 5.31. The smallest absolute Gasteiger partial charge is 0.128 e. The van der Waals surface area contributed by atoms with Crippen molar-refractivity contribution in [3.05, 3.63) is 65.2 Å². The predicted octanol–water partition coefficient (Wildman–Crippen LogP) is 2.16. The van der Waals surface area contributed by atoms with Gasteiger partial charge in [-0.2, -0.15) is 0 Å². The van der Waals surface area contributed by atoms with Gasteiger partial charge < -0.3 is 5.73 Å². The number of hydrogen-bond donors (Lipinski definition) is 1. The number of hydrogen-bond acceptors (Lipinski definition) is 3. The molecule has 21 heavy (non-hydrogen) atoms. The molecule has 0 saturated heterocycles. The molecular weight excluding hydrogens is 265 g/mol.